The zero-order valence-electron chi connectivity index (χ0n) is 24.0. The van der Waals surface area contributed by atoms with Gasteiger partial charge in [-0.3, -0.25) is 0 Å². The normalized spacial score (nSPS) is 11.4. The monoisotopic (exact) mass is 544 g/mol. The minimum atomic E-state index is 0.996. The van der Waals surface area contributed by atoms with Crippen LogP contribution in [0.3, 0.4) is 0 Å². The molecule has 0 saturated carbocycles. The lowest BCUT2D eigenvalue weighted by Gasteiger charge is -2.15. The fraction of sp³-hybridized carbons (Fsp3) is 0.625. The summed E-state index contributed by atoms with van der Waals surface area (Å²) in [6, 6.07) is 8.98. The molecule has 2 rings (SSSR count). The maximum atomic E-state index is 6.62. The molecule has 0 aromatic heterocycles. The van der Waals surface area contributed by atoms with Gasteiger partial charge >= 0.3 is 0 Å². The summed E-state index contributed by atoms with van der Waals surface area (Å²) in [6.45, 7) is 8.99. The maximum absolute atomic E-state index is 6.62. The predicted molar refractivity (Wildman–Crippen MR) is 167 cm³/mol. The Balaban J connectivity index is 2.15. The van der Waals surface area contributed by atoms with Crippen molar-refractivity contribution in [2.24, 2.45) is 0 Å². The summed E-state index contributed by atoms with van der Waals surface area (Å²) in [6.07, 6.45) is 18.8. The van der Waals surface area contributed by atoms with Crippen molar-refractivity contribution < 1.29 is 3.63 Å². The summed E-state index contributed by atoms with van der Waals surface area (Å²) < 4.78 is 6.16. The van der Waals surface area contributed by atoms with Crippen molar-refractivity contribution in [3.63, 3.8) is 0 Å². The van der Waals surface area contributed by atoms with Crippen LogP contribution in [0.4, 0.5) is 11.4 Å². The molecular weight excluding hydrogens is 492 g/mol. The number of benzene rings is 2. The Labute approximate surface area is 236 Å². The summed E-state index contributed by atoms with van der Waals surface area (Å²) in [5.74, 6) is 0. The first-order chi connectivity index (χ1) is 18.0. The van der Waals surface area contributed by atoms with Crippen LogP contribution in [0.15, 0.2) is 34.1 Å². The molecule has 0 heterocycles. The highest BCUT2D eigenvalue weighted by atomic mass is 32.2. The molecule has 0 aliphatic carbocycles. The van der Waals surface area contributed by atoms with Crippen molar-refractivity contribution in [2.45, 2.75) is 140 Å². The maximum Gasteiger partial charge on any atom is 0.0448 e. The molecule has 0 saturated heterocycles. The third kappa shape index (κ3) is 11.5. The fourth-order valence-electron chi connectivity index (χ4n) is 4.77. The molecule has 0 unspecified atom stereocenters. The second kappa shape index (κ2) is 18.9. The van der Waals surface area contributed by atoms with Crippen LogP contribution in [0.5, 0.6) is 0 Å². The van der Waals surface area contributed by atoms with Gasteiger partial charge in [-0.05, 0) is 97.9 Å². The number of aryl methyl sites for hydroxylation is 4. The Hall–Kier alpha value is -1.30. The second-order valence-electron chi connectivity index (χ2n) is 10.4. The van der Waals surface area contributed by atoms with Crippen LogP contribution in [0, 0.1) is 0 Å². The number of hydrogen-bond acceptors (Lipinski definition) is 5. The van der Waals surface area contributed by atoms with Crippen LogP contribution < -0.4 is 11.5 Å². The summed E-state index contributed by atoms with van der Waals surface area (Å²) in [5, 5.41) is 0. The van der Waals surface area contributed by atoms with E-state index in [9.17, 15) is 0 Å². The first-order valence-corrected chi connectivity index (χ1v) is 16.4. The van der Waals surface area contributed by atoms with Crippen molar-refractivity contribution >= 4 is 35.5 Å². The van der Waals surface area contributed by atoms with Crippen LogP contribution in [-0.2, 0) is 29.3 Å². The lowest BCUT2D eigenvalue weighted by molar-refractivity contribution is 0.706. The number of nitrogen functional groups attached to an aromatic ring is 2. The molecule has 2 aromatic rings. The van der Waals surface area contributed by atoms with Gasteiger partial charge in [0.15, 0.2) is 0 Å². The number of rotatable bonds is 20. The largest absolute Gasteiger partial charge is 0.398 e. The Kier molecular flexibility index (Phi) is 16.3. The number of hydrogen-bond donors (Lipinski definition) is 2. The van der Waals surface area contributed by atoms with Crippen molar-refractivity contribution in [2.75, 3.05) is 11.5 Å². The van der Waals surface area contributed by atoms with E-state index in [1.54, 1.807) is 0 Å². The van der Waals surface area contributed by atoms with Crippen molar-refractivity contribution in [3.05, 3.63) is 46.5 Å². The summed E-state index contributed by atoms with van der Waals surface area (Å²) >= 11 is 2.93. The standard InChI is InChI=1S/C32H52N2OS2/c1-5-9-13-17-25-21-29(22-26(31(25)33)18-14-10-6-2)36-35-37-30-23-27(19-15-11-7-3)32(34)28(24-30)20-16-12-8-4/h21-24H,5-20,33-34H2,1-4H3. The number of unbranched alkanes of at least 4 members (excludes halogenated alkanes) is 8. The quantitative estimate of drug-likeness (QED) is 0.0986. The van der Waals surface area contributed by atoms with Crippen LogP contribution in [0.1, 0.15) is 127 Å². The average molecular weight is 545 g/mol. The van der Waals surface area contributed by atoms with Crippen molar-refractivity contribution in [1.29, 1.82) is 0 Å². The molecule has 0 aliphatic heterocycles. The SMILES string of the molecule is CCCCCc1cc(SOSc2cc(CCCCC)c(N)c(CCCCC)c2)cc(CCCCC)c1N. The van der Waals surface area contributed by atoms with E-state index < -0.39 is 0 Å². The van der Waals surface area contributed by atoms with Gasteiger partial charge in [-0.25, -0.2) is 3.63 Å². The molecule has 37 heavy (non-hydrogen) atoms. The molecule has 0 aliphatic rings. The van der Waals surface area contributed by atoms with E-state index in [2.05, 4.69) is 52.0 Å². The third-order valence-electron chi connectivity index (χ3n) is 7.11. The van der Waals surface area contributed by atoms with Gasteiger partial charge in [0, 0.05) is 45.3 Å². The number of anilines is 2. The van der Waals surface area contributed by atoms with E-state index in [1.807, 2.05) is 0 Å². The van der Waals surface area contributed by atoms with Crippen LogP contribution in [-0.4, -0.2) is 0 Å². The zero-order valence-corrected chi connectivity index (χ0v) is 25.6. The van der Waals surface area contributed by atoms with E-state index in [-0.39, 0.29) is 0 Å². The van der Waals surface area contributed by atoms with Gasteiger partial charge in [0.25, 0.3) is 0 Å². The highest BCUT2D eigenvalue weighted by Crippen LogP contribution is 2.36. The highest BCUT2D eigenvalue weighted by Gasteiger charge is 2.12. The van der Waals surface area contributed by atoms with Crippen molar-refractivity contribution in [3.8, 4) is 0 Å². The molecule has 2 aromatic carbocycles. The minimum Gasteiger partial charge on any atom is -0.398 e. The van der Waals surface area contributed by atoms with E-state index in [4.69, 9.17) is 15.1 Å². The van der Waals surface area contributed by atoms with E-state index in [1.165, 1.54) is 123 Å². The summed E-state index contributed by atoms with van der Waals surface area (Å²) in [5.41, 5.74) is 20.3. The highest BCUT2D eigenvalue weighted by molar-refractivity contribution is 8.07. The van der Waals surface area contributed by atoms with Crippen LogP contribution >= 0.6 is 24.1 Å². The van der Waals surface area contributed by atoms with E-state index in [0.29, 0.717) is 0 Å². The van der Waals surface area contributed by atoms with Crippen LogP contribution in [0.2, 0.25) is 0 Å². The lowest BCUT2D eigenvalue weighted by atomic mass is 9.98. The predicted octanol–water partition coefficient (Wildman–Crippen LogP) is 10.5. The average Bonchev–Trinajstić information content (AvgIpc) is 2.89. The first-order valence-electron chi connectivity index (χ1n) is 14.9. The molecule has 0 atom stereocenters. The minimum absolute atomic E-state index is 0.996. The Morgan fingerprint density at radius 3 is 1.00 bits per heavy atom. The van der Waals surface area contributed by atoms with Gasteiger partial charge in [0.2, 0.25) is 0 Å². The molecule has 0 amide bonds. The first kappa shape index (κ1) is 31.9. The Morgan fingerprint density at radius 1 is 0.486 bits per heavy atom. The summed E-state index contributed by atoms with van der Waals surface area (Å²) in [4.78, 5) is 2.31. The fourth-order valence-corrected chi connectivity index (χ4v) is 6.30. The molecule has 0 fully saturated rings. The molecule has 0 radical (unpaired) electrons. The zero-order chi connectivity index (χ0) is 26.9. The third-order valence-corrected chi connectivity index (χ3v) is 8.51. The molecule has 0 spiro atoms. The van der Waals surface area contributed by atoms with E-state index >= 15 is 0 Å². The topological polar surface area (TPSA) is 61.3 Å². The molecular formula is C32H52N2OS2. The van der Waals surface area contributed by atoms with Gasteiger partial charge in [0.1, 0.15) is 0 Å². The van der Waals surface area contributed by atoms with Gasteiger partial charge in [-0.1, -0.05) is 79.1 Å². The molecule has 208 valence electrons. The molecule has 4 N–H and O–H groups in total. The van der Waals surface area contributed by atoms with Gasteiger partial charge < -0.3 is 11.5 Å². The van der Waals surface area contributed by atoms with E-state index in [0.717, 1.165) is 46.8 Å². The van der Waals surface area contributed by atoms with Crippen molar-refractivity contribution in [1.82, 2.24) is 0 Å². The molecule has 5 heteroatoms. The van der Waals surface area contributed by atoms with Gasteiger partial charge in [0.05, 0.1) is 0 Å². The lowest BCUT2D eigenvalue weighted by Crippen LogP contribution is -2.02. The Morgan fingerprint density at radius 2 is 0.757 bits per heavy atom. The smallest absolute Gasteiger partial charge is 0.0448 e. The second-order valence-corrected chi connectivity index (χ2v) is 12.2. The van der Waals surface area contributed by atoms with Crippen LogP contribution in [0.25, 0.3) is 0 Å². The van der Waals surface area contributed by atoms with Gasteiger partial charge in [-0.15, -0.1) is 0 Å². The summed E-state index contributed by atoms with van der Waals surface area (Å²) in [7, 11) is 0. The molecule has 3 nitrogen and oxygen atoms in total. The number of nitrogens with two attached hydrogens (primary N) is 2. The molecule has 0 bridgehead atoms. The van der Waals surface area contributed by atoms with Gasteiger partial charge in [-0.2, -0.15) is 0 Å². The Bertz CT molecular complexity index is 780.